The number of aromatic nitrogens is 2. The highest BCUT2D eigenvalue weighted by atomic mass is 16.2. The van der Waals surface area contributed by atoms with E-state index in [1.54, 1.807) is 0 Å². The van der Waals surface area contributed by atoms with Gasteiger partial charge in [0.25, 0.3) is 5.91 Å². The van der Waals surface area contributed by atoms with E-state index in [-0.39, 0.29) is 11.9 Å². The Morgan fingerprint density at radius 3 is 2.14 bits per heavy atom. The molecular weight excluding hydrogens is 358 g/mol. The van der Waals surface area contributed by atoms with Crippen LogP contribution in [0.25, 0.3) is 11.3 Å². The largest absolute Gasteiger partial charge is 0.326 e. The number of H-pyrrole nitrogens is 1. The molecule has 1 amide bonds. The lowest BCUT2D eigenvalue weighted by atomic mass is 9.96. The van der Waals surface area contributed by atoms with Gasteiger partial charge in [0.1, 0.15) is 5.69 Å². The molecule has 142 valence electrons. The maximum atomic E-state index is 13.3. The molecule has 0 saturated heterocycles. The first-order valence-electron chi connectivity index (χ1n) is 9.86. The number of hydrogen-bond acceptors (Lipinski definition) is 2. The van der Waals surface area contributed by atoms with Crippen LogP contribution in [0.2, 0.25) is 0 Å². The zero-order chi connectivity index (χ0) is 19.6. The minimum atomic E-state index is -0.142. The summed E-state index contributed by atoms with van der Waals surface area (Å²) in [5, 5.41) is 7.54. The number of aromatic amines is 1. The second-order valence-corrected chi connectivity index (χ2v) is 7.27. The van der Waals surface area contributed by atoms with Gasteiger partial charge in [0.2, 0.25) is 0 Å². The van der Waals surface area contributed by atoms with Gasteiger partial charge in [-0.15, -0.1) is 0 Å². The van der Waals surface area contributed by atoms with Gasteiger partial charge in [0.05, 0.1) is 11.7 Å². The van der Waals surface area contributed by atoms with Crippen molar-refractivity contribution in [3.05, 3.63) is 113 Å². The van der Waals surface area contributed by atoms with Crippen LogP contribution in [0.5, 0.6) is 0 Å². The van der Waals surface area contributed by atoms with Crippen LogP contribution in [-0.4, -0.2) is 27.5 Å². The van der Waals surface area contributed by atoms with Crippen LogP contribution in [0.15, 0.2) is 91.0 Å². The summed E-state index contributed by atoms with van der Waals surface area (Å²) in [6, 6.07) is 30.4. The zero-order valence-electron chi connectivity index (χ0n) is 16.0. The highest BCUT2D eigenvalue weighted by molar-refractivity contribution is 6.00. The van der Waals surface area contributed by atoms with Crippen LogP contribution < -0.4 is 0 Å². The first-order valence-corrected chi connectivity index (χ1v) is 9.86. The van der Waals surface area contributed by atoms with Crippen LogP contribution in [0.4, 0.5) is 0 Å². The third-order valence-electron chi connectivity index (χ3n) is 5.51. The van der Waals surface area contributed by atoms with Crippen molar-refractivity contribution in [2.45, 2.75) is 12.5 Å². The maximum absolute atomic E-state index is 13.3. The summed E-state index contributed by atoms with van der Waals surface area (Å²) in [5.74, 6) is 0.0134. The van der Waals surface area contributed by atoms with Gasteiger partial charge >= 0.3 is 0 Å². The van der Waals surface area contributed by atoms with Crippen LogP contribution in [-0.2, 0) is 6.42 Å². The molecule has 5 rings (SSSR count). The maximum Gasteiger partial charge on any atom is 0.273 e. The summed E-state index contributed by atoms with van der Waals surface area (Å²) in [4.78, 5) is 15.3. The van der Waals surface area contributed by atoms with E-state index < -0.39 is 0 Å². The SMILES string of the molecule is O=C1c2[nH]nc(-c3ccccc3)c2C(c2ccccc2)N1CCc1ccccc1. The lowest BCUT2D eigenvalue weighted by Crippen LogP contribution is -2.31. The predicted octanol–water partition coefficient (Wildman–Crippen LogP) is 4.86. The number of fused-ring (bicyclic) bond motifs is 1. The van der Waals surface area contributed by atoms with Crippen molar-refractivity contribution < 1.29 is 4.79 Å². The molecule has 4 aromatic rings. The zero-order valence-corrected chi connectivity index (χ0v) is 16.0. The second-order valence-electron chi connectivity index (χ2n) is 7.27. The smallest absolute Gasteiger partial charge is 0.273 e. The lowest BCUT2D eigenvalue weighted by Gasteiger charge is -2.26. The summed E-state index contributed by atoms with van der Waals surface area (Å²) >= 11 is 0. The molecule has 1 aromatic heterocycles. The average molecular weight is 379 g/mol. The summed E-state index contributed by atoms with van der Waals surface area (Å²) in [6.45, 7) is 0.652. The summed E-state index contributed by atoms with van der Waals surface area (Å²) in [5.41, 5.74) is 5.77. The van der Waals surface area contributed by atoms with E-state index in [2.05, 4.69) is 34.5 Å². The van der Waals surface area contributed by atoms with Gasteiger partial charge in [0, 0.05) is 17.7 Å². The van der Waals surface area contributed by atoms with Crippen molar-refractivity contribution in [1.29, 1.82) is 0 Å². The normalized spacial score (nSPS) is 15.5. The Kier molecular flexibility index (Phi) is 4.45. The molecule has 4 heteroatoms. The monoisotopic (exact) mass is 379 g/mol. The third-order valence-corrected chi connectivity index (χ3v) is 5.51. The molecule has 0 aliphatic carbocycles. The fourth-order valence-electron chi connectivity index (χ4n) is 4.12. The van der Waals surface area contributed by atoms with Gasteiger partial charge in [-0.25, -0.2) is 0 Å². The van der Waals surface area contributed by atoms with Crippen LogP contribution >= 0.6 is 0 Å². The fraction of sp³-hybridized carbons (Fsp3) is 0.120. The van der Waals surface area contributed by atoms with Crippen LogP contribution in [0, 0.1) is 0 Å². The Morgan fingerprint density at radius 2 is 1.45 bits per heavy atom. The number of carbonyl (C=O) groups excluding carboxylic acids is 1. The Hall–Kier alpha value is -3.66. The van der Waals surface area contributed by atoms with Crippen molar-refractivity contribution in [2.75, 3.05) is 6.54 Å². The topological polar surface area (TPSA) is 49.0 Å². The van der Waals surface area contributed by atoms with Crippen molar-refractivity contribution in [3.63, 3.8) is 0 Å². The first-order chi connectivity index (χ1) is 14.3. The highest BCUT2D eigenvalue weighted by Gasteiger charge is 2.41. The number of benzene rings is 3. The van der Waals surface area contributed by atoms with E-state index in [1.165, 1.54) is 5.56 Å². The molecule has 3 aromatic carbocycles. The number of rotatable bonds is 5. The number of hydrogen-bond donors (Lipinski definition) is 1. The van der Waals surface area contributed by atoms with E-state index >= 15 is 0 Å². The van der Waals surface area contributed by atoms with E-state index in [4.69, 9.17) is 0 Å². The molecule has 0 radical (unpaired) electrons. The molecule has 1 aliphatic rings. The molecule has 0 saturated carbocycles. The van der Waals surface area contributed by atoms with Gasteiger partial charge in [-0.3, -0.25) is 9.89 Å². The Bertz CT molecular complexity index is 1120. The Balaban J connectivity index is 1.57. The summed E-state index contributed by atoms with van der Waals surface area (Å²) < 4.78 is 0. The average Bonchev–Trinajstić information content (AvgIpc) is 3.33. The summed E-state index contributed by atoms with van der Waals surface area (Å²) in [7, 11) is 0. The van der Waals surface area contributed by atoms with Crippen molar-refractivity contribution in [1.82, 2.24) is 15.1 Å². The third kappa shape index (κ3) is 3.13. The minimum absolute atomic E-state index is 0.0134. The Morgan fingerprint density at radius 1 is 0.828 bits per heavy atom. The number of nitrogens with zero attached hydrogens (tertiary/aromatic N) is 2. The van der Waals surface area contributed by atoms with Crippen LogP contribution in [0.3, 0.4) is 0 Å². The van der Waals surface area contributed by atoms with Crippen molar-refractivity contribution in [3.8, 4) is 11.3 Å². The quantitative estimate of drug-likeness (QED) is 0.538. The van der Waals surface area contributed by atoms with Crippen molar-refractivity contribution >= 4 is 5.91 Å². The number of amides is 1. The van der Waals surface area contributed by atoms with Gasteiger partial charge in [-0.1, -0.05) is 91.0 Å². The fourth-order valence-corrected chi connectivity index (χ4v) is 4.12. The molecule has 2 heterocycles. The van der Waals surface area contributed by atoms with Gasteiger partial charge in [-0.2, -0.15) is 5.10 Å². The molecule has 0 fully saturated rings. The molecule has 1 atom stereocenters. The van der Waals surface area contributed by atoms with E-state index in [1.807, 2.05) is 71.6 Å². The molecule has 1 N–H and O–H groups in total. The van der Waals surface area contributed by atoms with E-state index in [0.29, 0.717) is 12.2 Å². The number of carbonyl (C=O) groups is 1. The van der Waals surface area contributed by atoms with Crippen molar-refractivity contribution in [2.24, 2.45) is 0 Å². The van der Waals surface area contributed by atoms with Gasteiger partial charge in [0.15, 0.2) is 0 Å². The Labute approximate surface area is 169 Å². The molecule has 4 nitrogen and oxygen atoms in total. The molecule has 29 heavy (non-hydrogen) atoms. The molecule has 1 aliphatic heterocycles. The molecular formula is C25H21N3O. The predicted molar refractivity (Wildman–Crippen MR) is 113 cm³/mol. The lowest BCUT2D eigenvalue weighted by molar-refractivity contribution is 0.0746. The molecule has 0 bridgehead atoms. The van der Waals surface area contributed by atoms with E-state index in [0.717, 1.165) is 28.8 Å². The van der Waals surface area contributed by atoms with Gasteiger partial charge < -0.3 is 4.90 Å². The van der Waals surface area contributed by atoms with Gasteiger partial charge in [-0.05, 0) is 17.5 Å². The molecule has 1 unspecified atom stereocenters. The molecule has 0 spiro atoms. The second kappa shape index (κ2) is 7.40. The summed E-state index contributed by atoms with van der Waals surface area (Å²) in [6.07, 6.45) is 0.814. The first kappa shape index (κ1) is 17.4. The minimum Gasteiger partial charge on any atom is -0.326 e. The van der Waals surface area contributed by atoms with Crippen LogP contribution in [0.1, 0.15) is 33.2 Å². The standard InChI is InChI=1S/C25H21N3O/c29-25-23-21(22(26-27-23)19-12-6-2-7-13-19)24(20-14-8-3-9-15-20)28(25)17-16-18-10-4-1-5-11-18/h1-15,24H,16-17H2,(H,26,27). The van der Waals surface area contributed by atoms with E-state index in [9.17, 15) is 4.79 Å². The highest BCUT2D eigenvalue weighted by Crippen LogP contribution is 2.42. The number of nitrogens with one attached hydrogen (secondary N) is 1.